The molecular formula is C15H13N3. The summed E-state index contributed by atoms with van der Waals surface area (Å²) in [5, 5.41) is 5.84. The fourth-order valence-electron chi connectivity index (χ4n) is 2.03. The zero-order valence-corrected chi connectivity index (χ0v) is 9.88. The van der Waals surface area contributed by atoms with Gasteiger partial charge in [0.2, 0.25) is 0 Å². The monoisotopic (exact) mass is 235 g/mol. The molecule has 3 aromatic rings. The van der Waals surface area contributed by atoms with E-state index in [1.54, 1.807) is 12.5 Å². The Labute approximate surface area is 106 Å². The largest absolute Gasteiger partial charge is 0.366 e. The molecule has 0 saturated heterocycles. The van der Waals surface area contributed by atoms with E-state index in [1.165, 1.54) is 16.3 Å². The zero-order valence-electron chi connectivity index (χ0n) is 9.88. The van der Waals surface area contributed by atoms with Crippen molar-refractivity contribution in [3.05, 3.63) is 66.6 Å². The Bertz CT molecular complexity index is 645. The first-order valence-corrected chi connectivity index (χ1v) is 5.90. The Balaban J connectivity index is 1.87. The van der Waals surface area contributed by atoms with Crippen molar-refractivity contribution in [1.29, 1.82) is 0 Å². The molecule has 88 valence electrons. The maximum Gasteiger partial charge on any atom is 0.129 e. The van der Waals surface area contributed by atoms with Gasteiger partial charge >= 0.3 is 0 Å². The predicted molar refractivity (Wildman–Crippen MR) is 73.3 cm³/mol. The normalized spacial score (nSPS) is 10.4. The highest BCUT2D eigenvalue weighted by molar-refractivity contribution is 5.85. The Morgan fingerprint density at radius 3 is 2.72 bits per heavy atom. The molecule has 2 aromatic carbocycles. The molecule has 0 unspecified atom stereocenters. The number of rotatable bonds is 3. The van der Waals surface area contributed by atoms with Gasteiger partial charge in [0.15, 0.2) is 0 Å². The summed E-state index contributed by atoms with van der Waals surface area (Å²) in [4.78, 5) is 8.05. The lowest BCUT2D eigenvalue weighted by Gasteiger charge is -2.08. The van der Waals surface area contributed by atoms with Crippen molar-refractivity contribution in [2.75, 3.05) is 5.32 Å². The highest BCUT2D eigenvalue weighted by Crippen LogP contribution is 2.19. The van der Waals surface area contributed by atoms with Gasteiger partial charge in [0.1, 0.15) is 12.1 Å². The smallest absolute Gasteiger partial charge is 0.129 e. The standard InChI is InChI=1S/C15H13N3/c1-2-7-14-12(4-1)5-3-6-13(14)10-17-15-8-9-16-11-18-15/h1-9,11H,10H2,(H,16,17,18). The van der Waals surface area contributed by atoms with E-state index in [0.717, 1.165) is 12.4 Å². The molecule has 18 heavy (non-hydrogen) atoms. The van der Waals surface area contributed by atoms with E-state index in [0.29, 0.717) is 0 Å². The van der Waals surface area contributed by atoms with Gasteiger partial charge in [0.05, 0.1) is 0 Å². The van der Waals surface area contributed by atoms with E-state index >= 15 is 0 Å². The van der Waals surface area contributed by atoms with Crippen LogP contribution in [0.25, 0.3) is 10.8 Å². The fourth-order valence-corrected chi connectivity index (χ4v) is 2.03. The van der Waals surface area contributed by atoms with Gasteiger partial charge in [-0.3, -0.25) is 0 Å². The van der Waals surface area contributed by atoms with E-state index in [9.17, 15) is 0 Å². The second-order valence-electron chi connectivity index (χ2n) is 4.09. The van der Waals surface area contributed by atoms with Crippen molar-refractivity contribution < 1.29 is 0 Å². The van der Waals surface area contributed by atoms with Crippen LogP contribution in [0.5, 0.6) is 0 Å². The van der Waals surface area contributed by atoms with Gasteiger partial charge in [-0.25, -0.2) is 9.97 Å². The van der Waals surface area contributed by atoms with Crippen LogP contribution in [-0.2, 0) is 6.54 Å². The molecular weight excluding hydrogens is 222 g/mol. The summed E-state index contributed by atoms with van der Waals surface area (Å²) >= 11 is 0. The van der Waals surface area contributed by atoms with Gasteiger partial charge in [0.25, 0.3) is 0 Å². The SMILES string of the molecule is c1ccc2c(CNc3ccncn3)cccc2c1. The summed E-state index contributed by atoms with van der Waals surface area (Å²) in [7, 11) is 0. The molecule has 3 rings (SSSR count). The number of nitrogens with zero attached hydrogens (tertiary/aromatic N) is 2. The molecule has 0 radical (unpaired) electrons. The van der Waals surface area contributed by atoms with Crippen LogP contribution in [0.3, 0.4) is 0 Å². The maximum absolute atomic E-state index is 4.15. The molecule has 0 saturated carbocycles. The van der Waals surface area contributed by atoms with Crippen LogP contribution in [0.2, 0.25) is 0 Å². The Morgan fingerprint density at radius 2 is 1.83 bits per heavy atom. The summed E-state index contributed by atoms with van der Waals surface area (Å²) in [6, 6.07) is 16.6. The molecule has 1 N–H and O–H groups in total. The molecule has 0 aliphatic carbocycles. The van der Waals surface area contributed by atoms with Crippen molar-refractivity contribution in [2.45, 2.75) is 6.54 Å². The Hall–Kier alpha value is -2.42. The Kier molecular flexibility index (Phi) is 2.88. The third-order valence-corrected chi connectivity index (χ3v) is 2.92. The molecule has 0 bridgehead atoms. The van der Waals surface area contributed by atoms with Crippen molar-refractivity contribution >= 4 is 16.6 Å². The van der Waals surface area contributed by atoms with Gasteiger partial charge < -0.3 is 5.32 Å². The molecule has 3 heteroatoms. The number of hydrogen-bond acceptors (Lipinski definition) is 3. The van der Waals surface area contributed by atoms with Crippen LogP contribution in [-0.4, -0.2) is 9.97 Å². The second-order valence-corrected chi connectivity index (χ2v) is 4.09. The van der Waals surface area contributed by atoms with Gasteiger partial charge in [-0.15, -0.1) is 0 Å². The zero-order chi connectivity index (χ0) is 12.2. The van der Waals surface area contributed by atoms with Gasteiger partial charge in [-0.05, 0) is 22.4 Å². The van der Waals surface area contributed by atoms with Crippen LogP contribution in [0.1, 0.15) is 5.56 Å². The number of nitrogens with one attached hydrogen (secondary N) is 1. The van der Waals surface area contributed by atoms with Crippen molar-refractivity contribution in [1.82, 2.24) is 9.97 Å². The highest BCUT2D eigenvalue weighted by atomic mass is 15.0. The van der Waals surface area contributed by atoms with E-state index in [2.05, 4.69) is 57.7 Å². The third kappa shape index (κ3) is 2.15. The molecule has 0 aliphatic rings. The number of aromatic nitrogens is 2. The van der Waals surface area contributed by atoms with E-state index in [1.807, 2.05) is 6.07 Å². The summed E-state index contributed by atoms with van der Waals surface area (Å²) < 4.78 is 0. The minimum Gasteiger partial charge on any atom is -0.366 e. The van der Waals surface area contributed by atoms with Crippen LogP contribution in [0.15, 0.2) is 61.1 Å². The second kappa shape index (κ2) is 4.84. The van der Waals surface area contributed by atoms with Crippen molar-refractivity contribution in [2.24, 2.45) is 0 Å². The molecule has 0 amide bonds. The van der Waals surface area contributed by atoms with Gasteiger partial charge in [-0.2, -0.15) is 0 Å². The first-order valence-electron chi connectivity index (χ1n) is 5.90. The lowest BCUT2D eigenvalue weighted by Crippen LogP contribution is -2.01. The molecule has 1 aromatic heterocycles. The number of anilines is 1. The summed E-state index contributed by atoms with van der Waals surface area (Å²) in [5.41, 5.74) is 1.27. The van der Waals surface area contributed by atoms with Crippen LogP contribution >= 0.6 is 0 Å². The molecule has 0 atom stereocenters. The van der Waals surface area contributed by atoms with Crippen LogP contribution in [0.4, 0.5) is 5.82 Å². The minimum atomic E-state index is 0.762. The first kappa shape index (κ1) is 10.7. The molecule has 0 aliphatic heterocycles. The lowest BCUT2D eigenvalue weighted by molar-refractivity contribution is 1.09. The maximum atomic E-state index is 4.15. The molecule has 3 nitrogen and oxygen atoms in total. The number of hydrogen-bond donors (Lipinski definition) is 1. The van der Waals surface area contributed by atoms with Gasteiger partial charge in [0, 0.05) is 12.7 Å². The minimum absolute atomic E-state index is 0.762. The van der Waals surface area contributed by atoms with Crippen LogP contribution < -0.4 is 5.32 Å². The highest BCUT2D eigenvalue weighted by Gasteiger charge is 2.00. The summed E-state index contributed by atoms with van der Waals surface area (Å²) in [6.45, 7) is 0.762. The van der Waals surface area contributed by atoms with E-state index in [-0.39, 0.29) is 0 Å². The fraction of sp³-hybridized carbons (Fsp3) is 0.0667. The number of fused-ring (bicyclic) bond motifs is 1. The third-order valence-electron chi connectivity index (χ3n) is 2.92. The summed E-state index contributed by atoms with van der Waals surface area (Å²) in [5.74, 6) is 0.845. The first-order chi connectivity index (χ1) is 8.93. The van der Waals surface area contributed by atoms with E-state index < -0.39 is 0 Å². The Morgan fingerprint density at radius 1 is 0.944 bits per heavy atom. The van der Waals surface area contributed by atoms with Crippen molar-refractivity contribution in [3.8, 4) is 0 Å². The van der Waals surface area contributed by atoms with Crippen LogP contribution in [0, 0.1) is 0 Å². The molecule has 0 fully saturated rings. The average Bonchev–Trinajstić information content (AvgIpc) is 2.46. The number of benzene rings is 2. The lowest BCUT2D eigenvalue weighted by atomic mass is 10.0. The quantitative estimate of drug-likeness (QED) is 0.757. The topological polar surface area (TPSA) is 37.8 Å². The average molecular weight is 235 g/mol. The molecule has 1 heterocycles. The predicted octanol–water partition coefficient (Wildman–Crippen LogP) is 3.24. The molecule has 0 spiro atoms. The van der Waals surface area contributed by atoms with E-state index in [4.69, 9.17) is 0 Å². The van der Waals surface area contributed by atoms with Gasteiger partial charge in [-0.1, -0.05) is 42.5 Å². The summed E-state index contributed by atoms with van der Waals surface area (Å²) in [6.07, 6.45) is 3.28. The van der Waals surface area contributed by atoms with Crippen molar-refractivity contribution in [3.63, 3.8) is 0 Å².